The van der Waals surface area contributed by atoms with E-state index in [9.17, 15) is 0 Å². The highest BCUT2D eigenvalue weighted by Gasteiger charge is 2.34. The summed E-state index contributed by atoms with van der Waals surface area (Å²) in [6.45, 7) is 19.2. The molecule has 6 nitrogen and oxygen atoms in total. The van der Waals surface area contributed by atoms with E-state index >= 15 is 0 Å². The highest BCUT2D eigenvalue weighted by molar-refractivity contribution is 7.98. The summed E-state index contributed by atoms with van der Waals surface area (Å²) in [5, 5.41) is 10.0. The van der Waals surface area contributed by atoms with Gasteiger partial charge in [-0.15, -0.1) is 0 Å². The van der Waals surface area contributed by atoms with E-state index in [0.717, 1.165) is 63.4 Å². The molecule has 1 aromatic carbocycles. The smallest absolute Gasteiger partial charge is 0.129 e. The first kappa shape index (κ1) is 20.1. The molecule has 0 amide bonds. The minimum absolute atomic E-state index is 0.180. The number of aromatic nitrogens is 2. The molecule has 0 saturated carbocycles. The fourth-order valence-corrected chi connectivity index (χ4v) is 4.86. The van der Waals surface area contributed by atoms with Crippen molar-refractivity contribution in [1.82, 2.24) is 19.6 Å². The third-order valence-electron chi connectivity index (χ3n) is 5.09. The van der Waals surface area contributed by atoms with Gasteiger partial charge in [-0.3, -0.25) is 0 Å². The van der Waals surface area contributed by atoms with Gasteiger partial charge >= 0.3 is 0 Å². The summed E-state index contributed by atoms with van der Waals surface area (Å²) < 4.78 is 2.25. The standard InChI is InChI=1S/C23H26N6S/c1-14-9-10-21(16(3)26-14)29-17(4)19-7-6-8-20(23(19)30-29)27-15(2)13-25-22-11-12-24-18(5)28-22/h6-8,11-12,21,26-27H,1-4,9-10,13H2,5H3,(H,24,25,28). The largest absolute Gasteiger partial charge is 0.364 e. The van der Waals surface area contributed by atoms with E-state index < -0.39 is 0 Å². The lowest BCUT2D eigenvalue weighted by Crippen LogP contribution is -2.37. The highest BCUT2D eigenvalue weighted by atomic mass is 32.2. The molecule has 1 unspecified atom stereocenters. The number of nitrogens with zero attached hydrogens (tertiary/aromatic N) is 3. The SMILES string of the molecule is C=C1CCC(N2Sc3c(NC(=C)CNc4ccnc(C)n4)cccc3C2=C)C(=C)N1. The summed E-state index contributed by atoms with van der Waals surface area (Å²) >= 11 is 1.70. The van der Waals surface area contributed by atoms with E-state index in [1.54, 1.807) is 18.1 Å². The van der Waals surface area contributed by atoms with E-state index in [0.29, 0.717) is 6.54 Å². The van der Waals surface area contributed by atoms with Gasteiger partial charge in [-0.2, -0.15) is 0 Å². The van der Waals surface area contributed by atoms with Crippen molar-refractivity contribution in [3.63, 3.8) is 0 Å². The molecule has 1 fully saturated rings. The van der Waals surface area contributed by atoms with Crippen molar-refractivity contribution >= 4 is 29.2 Å². The molecule has 154 valence electrons. The molecular formula is C23H26N6S. The average molecular weight is 419 g/mol. The molecule has 0 aliphatic carbocycles. The summed E-state index contributed by atoms with van der Waals surface area (Å²) in [6, 6.07) is 8.24. The predicted molar refractivity (Wildman–Crippen MR) is 126 cm³/mol. The summed E-state index contributed by atoms with van der Waals surface area (Å²) in [5.74, 6) is 1.51. The first-order valence-electron chi connectivity index (χ1n) is 9.84. The Kier molecular flexibility index (Phi) is 5.55. The van der Waals surface area contributed by atoms with E-state index in [2.05, 4.69) is 68.7 Å². The van der Waals surface area contributed by atoms with E-state index in [-0.39, 0.29) is 6.04 Å². The quantitative estimate of drug-likeness (QED) is 0.577. The number of fused-ring (bicyclic) bond motifs is 1. The predicted octanol–water partition coefficient (Wildman–Crippen LogP) is 4.90. The lowest BCUT2D eigenvalue weighted by atomic mass is 10.0. The first-order chi connectivity index (χ1) is 14.4. The maximum Gasteiger partial charge on any atom is 0.129 e. The molecule has 0 bridgehead atoms. The Morgan fingerprint density at radius 2 is 2.13 bits per heavy atom. The van der Waals surface area contributed by atoms with Crippen molar-refractivity contribution < 1.29 is 0 Å². The zero-order valence-corrected chi connectivity index (χ0v) is 18.0. The summed E-state index contributed by atoms with van der Waals surface area (Å²) in [6.07, 6.45) is 3.65. The number of aryl methyl sites for hydroxylation is 1. The second-order valence-corrected chi connectivity index (χ2v) is 8.41. The molecule has 3 N–H and O–H groups in total. The fourth-order valence-electron chi connectivity index (χ4n) is 3.59. The Balaban J connectivity index is 1.45. The molecule has 2 aliphatic heterocycles. The molecule has 7 heteroatoms. The van der Waals surface area contributed by atoms with Gasteiger partial charge < -0.3 is 20.3 Å². The Morgan fingerprint density at radius 1 is 1.30 bits per heavy atom. The zero-order chi connectivity index (χ0) is 21.3. The van der Waals surface area contributed by atoms with Gasteiger partial charge in [0.1, 0.15) is 11.6 Å². The van der Waals surface area contributed by atoms with Gasteiger partial charge in [0.25, 0.3) is 0 Å². The molecule has 30 heavy (non-hydrogen) atoms. The Morgan fingerprint density at radius 3 is 2.90 bits per heavy atom. The first-order valence-corrected chi connectivity index (χ1v) is 10.6. The van der Waals surface area contributed by atoms with E-state index in [4.69, 9.17) is 0 Å². The maximum atomic E-state index is 4.36. The lowest BCUT2D eigenvalue weighted by molar-refractivity contribution is 0.438. The molecule has 1 aromatic heterocycles. The van der Waals surface area contributed by atoms with Gasteiger partial charge in [-0.25, -0.2) is 9.97 Å². The average Bonchev–Trinajstić information content (AvgIpc) is 3.04. The van der Waals surface area contributed by atoms with Crippen molar-refractivity contribution in [3.05, 3.63) is 85.3 Å². The van der Waals surface area contributed by atoms with Crippen LogP contribution < -0.4 is 16.0 Å². The molecular weight excluding hydrogens is 392 g/mol. The molecule has 3 heterocycles. The summed E-state index contributed by atoms with van der Waals surface area (Å²) in [5.41, 5.74) is 5.99. The van der Waals surface area contributed by atoms with Crippen LogP contribution in [-0.4, -0.2) is 26.9 Å². The van der Waals surface area contributed by atoms with Crippen molar-refractivity contribution in [2.45, 2.75) is 30.7 Å². The van der Waals surface area contributed by atoms with Crippen LogP contribution in [0.5, 0.6) is 0 Å². The zero-order valence-electron chi connectivity index (χ0n) is 17.2. The van der Waals surface area contributed by atoms with Crippen LogP contribution in [0.1, 0.15) is 24.2 Å². The minimum Gasteiger partial charge on any atom is -0.364 e. The van der Waals surface area contributed by atoms with Gasteiger partial charge in [0.05, 0.1) is 23.2 Å². The molecule has 1 saturated heterocycles. The van der Waals surface area contributed by atoms with Crippen LogP contribution in [0.3, 0.4) is 0 Å². The Hall–Kier alpha value is -3.19. The van der Waals surface area contributed by atoms with Crippen LogP contribution in [0.4, 0.5) is 11.5 Å². The van der Waals surface area contributed by atoms with Crippen LogP contribution in [0, 0.1) is 6.92 Å². The van der Waals surface area contributed by atoms with Gasteiger partial charge in [0.2, 0.25) is 0 Å². The number of anilines is 2. The van der Waals surface area contributed by atoms with Crippen molar-refractivity contribution in [2.24, 2.45) is 0 Å². The Labute approximate surface area is 182 Å². The molecule has 0 radical (unpaired) electrons. The van der Waals surface area contributed by atoms with E-state index in [1.807, 2.05) is 19.1 Å². The molecule has 2 aromatic rings. The summed E-state index contributed by atoms with van der Waals surface area (Å²) in [4.78, 5) is 9.63. The van der Waals surface area contributed by atoms with Gasteiger partial charge in [-0.05, 0) is 43.8 Å². The van der Waals surface area contributed by atoms with Crippen molar-refractivity contribution in [1.29, 1.82) is 0 Å². The molecule has 1 atom stereocenters. The van der Waals surface area contributed by atoms with Crippen LogP contribution in [0.2, 0.25) is 0 Å². The van der Waals surface area contributed by atoms with Crippen LogP contribution in [-0.2, 0) is 0 Å². The number of piperidine rings is 1. The number of rotatable bonds is 6. The number of hydrogen-bond donors (Lipinski definition) is 3. The van der Waals surface area contributed by atoms with Crippen LogP contribution in [0.15, 0.2) is 78.8 Å². The molecule has 4 rings (SSSR count). The third kappa shape index (κ3) is 4.07. The fraction of sp³-hybridized carbons (Fsp3) is 0.217. The van der Waals surface area contributed by atoms with Crippen molar-refractivity contribution in [3.8, 4) is 0 Å². The summed E-state index contributed by atoms with van der Waals surface area (Å²) in [7, 11) is 0. The van der Waals surface area contributed by atoms with E-state index in [1.165, 1.54) is 0 Å². The minimum atomic E-state index is 0.180. The second-order valence-electron chi connectivity index (χ2n) is 7.43. The lowest BCUT2D eigenvalue weighted by Gasteiger charge is -2.35. The van der Waals surface area contributed by atoms with Crippen molar-refractivity contribution in [2.75, 3.05) is 17.2 Å². The highest BCUT2D eigenvalue weighted by Crippen LogP contribution is 2.49. The molecule has 2 aliphatic rings. The third-order valence-corrected chi connectivity index (χ3v) is 6.39. The normalized spacial score (nSPS) is 18.1. The maximum absolute atomic E-state index is 4.36. The number of allylic oxidation sites excluding steroid dienone is 1. The van der Waals surface area contributed by atoms with Gasteiger partial charge in [0.15, 0.2) is 0 Å². The van der Waals surface area contributed by atoms with Gasteiger partial charge in [-0.1, -0.05) is 38.4 Å². The monoisotopic (exact) mass is 418 g/mol. The van der Waals surface area contributed by atoms with Gasteiger partial charge in [0, 0.05) is 34.5 Å². The number of nitrogens with one attached hydrogen (secondary N) is 3. The second kappa shape index (κ2) is 8.28. The van der Waals surface area contributed by atoms with Crippen LogP contribution in [0.25, 0.3) is 5.70 Å². The topological polar surface area (TPSA) is 65.1 Å². The molecule has 0 spiro atoms. The number of benzene rings is 1. The number of hydrogen-bond acceptors (Lipinski definition) is 7. The Bertz CT molecular complexity index is 1040. The van der Waals surface area contributed by atoms with Crippen LogP contribution >= 0.6 is 11.9 Å².